The van der Waals surface area contributed by atoms with Crippen LogP contribution >= 0.6 is 0 Å². The summed E-state index contributed by atoms with van der Waals surface area (Å²) in [4.78, 5) is 22.4. The van der Waals surface area contributed by atoms with E-state index in [2.05, 4.69) is 30.3 Å². The number of aromatic carboxylic acids is 2. The summed E-state index contributed by atoms with van der Waals surface area (Å²) in [6.45, 7) is 0.559. The van der Waals surface area contributed by atoms with Crippen molar-refractivity contribution < 1.29 is 28.9 Å². The number of rotatable bonds is 17. The Bertz CT molecular complexity index is 1450. The lowest BCUT2D eigenvalue weighted by Crippen LogP contribution is -2.03. The van der Waals surface area contributed by atoms with Crippen molar-refractivity contribution in [2.45, 2.75) is 51.4 Å². The Labute approximate surface area is 258 Å². The lowest BCUT2D eigenvalue weighted by Gasteiger charge is -2.15. The maximum Gasteiger partial charge on any atom is 0.335 e. The monoisotopic (exact) mass is 594 g/mol. The predicted molar refractivity (Wildman–Crippen MR) is 172 cm³/mol. The Morgan fingerprint density at radius 1 is 0.682 bits per heavy atom. The average molecular weight is 595 g/mol. The Morgan fingerprint density at radius 2 is 1.25 bits per heavy atom. The molecule has 0 atom stereocenters. The first kappa shape index (κ1) is 32.2. The third kappa shape index (κ3) is 10.5. The number of allylic oxidation sites excluding steroid dienone is 1. The normalized spacial score (nSPS) is 11.2. The second-order valence-electron chi connectivity index (χ2n) is 11.0. The zero-order chi connectivity index (χ0) is 31.1. The van der Waals surface area contributed by atoms with Crippen LogP contribution in [0.2, 0.25) is 0 Å². The number of unbranched alkanes of at least 4 members (excludes halogenated alkanes) is 2. The SMILES string of the molecule is O=C(O)c1ccc(CCC(C=Cc2cc(F)ccc2OCCCCCc2ccccc2)CCc2ccc(C(=O)O)cc2)cc1. The molecule has 4 rings (SSSR count). The molecule has 0 bridgehead atoms. The Hall–Kier alpha value is -4.71. The zero-order valence-corrected chi connectivity index (χ0v) is 24.8. The van der Waals surface area contributed by atoms with Gasteiger partial charge in [-0.25, -0.2) is 14.0 Å². The van der Waals surface area contributed by atoms with Gasteiger partial charge in [0.2, 0.25) is 0 Å². The number of halogens is 1. The summed E-state index contributed by atoms with van der Waals surface area (Å²) in [5.74, 6) is -1.44. The van der Waals surface area contributed by atoms with Crippen molar-refractivity contribution in [3.63, 3.8) is 0 Å². The summed E-state index contributed by atoms with van der Waals surface area (Å²) < 4.78 is 20.3. The van der Waals surface area contributed by atoms with Crippen molar-refractivity contribution in [3.05, 3.63) is 142 Å². The van der Waals surface area contributed by atoms with E-state index in [1.807, 2.05) is 36.4 Å². The van der Waals surface area contributed by atoms with Gasteiger partial charge in [-0.1, -0.05) is 66.7 Å². The van der Waals surface area contributed by atoms with Gasteiger partial charge in [-0.15, -0.1) is 0 Å². The highest BCUT2D eigenvalue weighted by atomic mass is 19.1. The van der Waals surface area contributed by atoms with E-state index in [0.717, 1.165) is 62.5 Å². The van der Waals surface area contributed by atoms with Crippen LogP contribution in [0.5, 0.6) is 5.75 Å². The van der Waals surface area contributed by atoms with Gasteiger partial charge in [0.15, 0.2) is 0 Å². The molecule has 0 saturated carbocycles. The first-order chi connectivity index (χ1) is 21.4. The van der Waals surface area contributed by atoms with Crippen LogP contribution < -0.4 is 4.74 Å². The Morgan fingerprint density at radius 3 is 1.82 bits per heavy atom. The highest BCUT2D eigenvalue weighted by molar-refractivity contribution is 5.88. The standard InChI is InChI=1S/C38H39FO5/c39-35-24-25-36(44-26-6-2-5-9-28-7-3-1-4-8-28)34(27-35)23-18-29(10-12-30-14-19-32(20-15-30)37(40)41)11-13-31-16-21-33(22-17-31)38(42)43/h1,3-4,7-8,14-25,27,29H,2,5-6,9-13,26H2,(H,40,41)(H,42,43). The lowest BCUT2D eigenvalue weighted by molar-refractivity contribution is 0.0686. The molecule has 0 fully saturated rings. The molecule has 44 heavy (non-hydrogen) atoms. The van der Waals surface area contributed by atoms with Gasteiger partial charge in [0.25, 0.3) is 0 Å². The molecule has 0 unspecified atom stereocenters. The van der Waals surface area contributed by atoms with E-state index in [9.17, 15) is 24.2 Å². The van der Waals surface area contributed by atoms with Gasteiger partial charge in [0, 0.05) is 5.56 Å². The number of benzene rings is 4. The number of hydrogen-bond donors (Lipinski definition) is 2. The minimum atomic E-state index is -0.952. The van der Waals surface area contributed by atoms with Crippen LogP contribution in [0.1, 0.15) is 75.1 Å². The number of hydrogen-bond acceptors (Lipinski definition) is 3. The van der Waals surface area contributed by atoms with E-state index < -0.39 is 11.9 Å². The van der Waals surface area contributed by atoms with Gasteiger partial charge < -0.3 is 14.9 Å². The Kier molecular flexibility index (Phi) is 12.3. The van der Waals surface area contributed by atoms with E-state index >= 15 is 0 Å². The third-order valence-electron chi connectivity index (χ3n) is 7.74. The molecule has 0 aliphatic heterocycles. The summed E-state index contributed by atoms with van der Waals surface area (Å²) in [6.07, 6.45) is 11.2. The van der Waals surface area contributed by atoms with Crippen LogP contribution in [0, 0.1) is 11.7 Å². The summed E-state index contributed by atoms with van der Waals surface area (Å²) in [6, 6.07) is 28.8. The van der Waals surface area contributed by atoms with Gasteiger partial charge in [-0.05, 0) is 116 Å². The molecular formula is C38H39FO5. The molecule has 2 N–H and O–H groups in total. The number of carboxylic acid groups (broad SMARTS) is 2. The molecule has 0 amide bonds. The molecule has 0 saturated heterocycles. The van der Waals surface area contributed by atoms with Gasteiger partial charge in [-0.3, -0.25) is 0 Å². The van der Waals surface area contributed by atoms with E-state index in [-0.39, 0.29) is 22.9 Å². The maximum absolute atomic E-state index is 14.3. The topological polar surface area (TPSA) is 83.8 Å². The van der Waals surface area contributed by atoms with Crippen molar-refractivity contribution in [1.29, 1.82) is 0 Å². The number of ether oxygens (including phenoxy) is 1. The molecule has 4 aromatic carbocycles. The first-order valence-corrected chi connectivity index (χ1v) is 15.2. The highest BCUT2D eigenvalue weighted by Crippen LogP contribution is 2.25. The molecular weight excluding hydrogens is 555 g/mol. The minimum absolute atomic E-state index is 0.141. The molecule has 228 valence electrons. The second kappa shape index (κ2) is 16.8. The molecule has 4 aromatic rings. The summed E-state index contributed by atoms with van der Waals surface area (Å²) in [5, 5.41) is 18.4. The van der Waals surface area contributed by atoms with Crippen LogP contribution in [-0.4, -0.2) is 28.8 Å². The fourth-order valence-corrected chi connectivity index (χ4v) is 5.12. The van der Waals surface area contributed by atoms with Crippen LogP contribution in [0.15, 0.2) is 103 Å². The molecule has 6 heteroatoms. The summed E-state index contributed by atoms with van der Waals surface area (Å²) in [7, 11) is 0. The molecule has 0 heterocycles. The molecule has 0 aromatic heterocycles. The molecule has 0 radical (unpaired) electrons. The predicted octanol–water partition coefficient (Wildman–Crippen LogP) is 8.91. The van der Waals surface area contributed by atoms with Crippen molar-refractivity contribution in [2.24, 2.45) is 5.92 Å². The quantitative estimate of drug-likeness (QED) is 0.119. The molecule has 0 aliphatic carbocycles. The molecule has 5 nitrogen and oxygen atoms in total. The number of aryl methyl sites for hydroxylation is 3. The lowest BCUT2D eigenvalue weighted by atomic mass is 9.91. The molecule has 0 spiro atoms. The zero-order valence-electron chi connectivity index (χ0n) is 24.8. The van der Waals surface area contributed by atoms with Crippen LogP contribution in [-0.2, 0) is 19.3 Å². The number of carbonyl (C=O) groups is 2. The maximum atomic E-state index is 14.3. The van der Waals surface area contributed by atoms with E-state index in [4.69, 9.17) is 4.74 Å². The van der Waals surface area contributed by atoms with Gasteiger partial charge >= 0.3 is 11.9 Å². The van der Waals surface area contributed by atoms with E-state index in [1.165, 1.54) is 17.7 Å². The van der Waals surface area contributed by atoms with Crippen molar-refractivity contribution >= 4 is 18.0 Å². The third-order valence-corrected chi connectivity index (χ3v) is 7.74. The summed E-state index contributed by atoms with van der Waals surface area (Å²) >= 11 is 0. The fraction of sp³-hybridized carbons (Fsp3) is 0.263. The van der Waals surface area contributed by atoms with E-state index in [1.54, 1.807) is 30.3 Å². The van der Waals surface area contributed by atoms with Crippen molar-refractivity contribution in [1.82, 2.24) is 0 Å². The van der Waals surface area contributed by atoms with Crippen molar-refractivity contribution in [2.75, 3.05) is 6.61 Å². The van der Waals surface area contributed by atoms with Crippen LogP contribution in [0.25, 0.3) is 6.08 Å². The number of carboxylic acids is 2. The fourth-order valence-electron chi connectivity index (χ4n) is 5.12. The first-order valence-electron chi connectivity index (χ1n) is 15.2. The van der Waals surface area contributed by atoms with Crippen LogP contribution in [0.4, 0.5) is 4.39 Å². The van der Waals surface area contributed by atoms with Gasteiger partial charge in [0.1, 0.15) is 11.6 Å². The summed E-state index contributed by atoms with van der Waals surface area (Å²) in [5.41, 5.74) is 4.62. The minimum Gasteiger partial charge on any atom is -0.493 e. The average Bonchev–Trinajstić information content (AvgIpc) is 3.04. The van der Waals surface area contributed by atoms with Crippen molar-refractivity contribution in [3.8, 4) is 5.75 Å². The van der Waals surface area contributed by atoms with E-state index in [0.29, 0.717) is 17.9 Å². The van der Waals surface area contributed by atoms with Crippen LogP contribution in [0.3, 0.4) is 0 Å². The Balaban J connectivity index is 1.39. The van der Waals surface area contributed by atoms with Gasteiger partial charge in [0.05, 0.1) is 17.7 Å². The highest BCUT2D eigenvalue weighted by Gasteiger charge is 2.11. The van der Waals surface area contributed by atoms with Gasteiger partial charge in [-0.2, -0.15) is 0 Å². The smallest absolute Gasteiger partial charge is 0.335 e. The molecule has 0 aliphatic rings. The second-order valence-corrected chi connectivity index (χ2v) is 11.0. The largest absolute Gasteiger partial charge is 0.493 e.